The number of fused-ring (bicyclic) bond motifs is 1. The minimum absolute atomic E-state index is 0.0470. The van der Waals surface area contributed by atoms with Crippen LogP contribution in [0.5, 0.6) is 0 Å². The fourth-order valence-electron chi connectivity index (χ4n) is 4.03. The molecular formula is C21H23ClN2O4S. The number of sulfonamides is 1. The van der Waals surface area contributed by atoms with Crippen molar-refractivity contribution in [1.82, 2.24) is 9.21 Å². The van der Waals surface area contributed by atoms with Crippen molar-refractivity contribution in [3.63, 3.8) is 0 Å². The molecule has 1 saturated heterocycles. The third-order valence-corrected chi connectivity index (χ3v) is 7.89. The average molecular weight is 435 g/mol. The lowest BCUT2D eigenvalue weighted by molar-refractivity contribution is 0.0725. The van der Waals surface area contributed by atoms with E-state index in [0.29, 0.717) is 26.3 Å². The predicted octanol–water partition coefficient (Wildman–Crippen LogP) is 3.12. The molecule has 1 heterocycles. The molecule has 0 N–H and O–H groups in total. The molecule has 1 aliphatic carbocycles. The molecule has 2 aromatic carbocycles. The summed E-state index contributed by atoms with van der Waals surface area (Å²) in [6.07, 6.45) is 1.75. The van der Waals surface area contributed by atoms with Crippen LogP contribution in [-0.2, 0) is 21.2 Å². The van der Waals surface area contributed by atoms with E-state index in [1.807, 2.05) is 18.2 Å². The van der Waals surface area contributed by atoms with Gasteiger partial charge in [0.1, 0.15) is 0 Å². The first kappa shape index (κ1) is 20.3. The molecule has 2 aliphatic rings. The Labute approximate surface area is 176 Å². The second-order valence-electron chi connectivity index (χ2n) is 7.33. The molecule has 0 radical (unpaired) electrons. The Morgan fingerprint density at radius 1 is 1.17 bits per heavy atom. The van der Waals surface area contributed by atoms with E-state index in [-0.39, 0.29) is 27.4 Å². The van der Waals surface area contributed by atoms with Crippen molar-refractivity contribution >= 4 is 27.5 Å². The van der Waals surface area contributed by atoms with Gasteiger partial charge in [0.15, 0.2) is 0 Å². The van der Waals surface area contributed by atoms with Crippen molar-refractivity contribution in [3.05, 3.63) is 64.2 Å². The van der Waals surface area contributed by atoms with Gasteiger partial charge in [-0.25, -0.2) is 8.42 Å². The highest BCUT2D eigenvalue weighted by Crippen LogP contribution is 2.36. The number of halogens is 1. The highest BCUT2D eigenvalue weighted by atomic mass is 35.5. The van der Waals surface area contributed by atoms with Crippen LogP contribution in [0.1, 0.15) is 33.9 Å². The molecular weight excluding hydrogens is 412 g/mol. The van der Waals surface area contributed by atoms with E-state index in [9.17, 15) is 13.2 Å². The van der Waals surface area contributed by atoms with Gasteiger partial charge < -0.3 is 9.64 Å². The molecule has 1 atom stereocenters. The first-order valence-corrected chi connectivity index (χ1v) is 11.4. The van der Waals surface area contributed by atoms with Gasteiger partial charge in [-0.3, -0.25) is 4.79 Å². The van der Waals surface area contributed by atoms with E-state index >= 15 is 0 Å². The zero-order chi connectivity index (χ0) is 20.6. The summed E-state index contributed by atoms with van der Waals surface area (Å²) < 4.78 is 32.6. The Bertz CT molecular complexity index is 1030. The van der Waals surface area contributed by atoms with Crippen LogP contribution < -0.4 is 0 Å². The zero-order valence-corrected chi connectivity index (χ0v) is 17.7. The normalized spacial score (nSPS) is 19.7. The molecule has 8 heteroatoms. The van der Waals surface area contributed by atoms with Gasteiger partial charge in [0, 0.05) is 20.1 Å². The molecule has 6 nitrogen and oxygen atoms in total. The number of carbonyl (C=O) groups excluding carboxylic acids is 1. The molecule has 0 bridgehead atoms. The van der Waals surface area contributed by atoms with Gasteiger partial charge >= 0.3 is 0 Å². The highest BCUT2D eigenvalue weighted by molar-refractivity contribution is 7.89. The quantitative estimate of drug-likeness (QED) is 0.741. The van der Waals surface area contributed by atoms with Crippen LogP contribution >= 0.6 is 11.6 Å². The number of rotatable bonds is 4. The Hall–Kier alpha value is -1.93. The number of hydrogen-bond acceptors (Lipinski definition) is 4. The number of aryl methyl sites for hydroxylation is 1. The van der Waals surface area contributed by atoms with Gasteiger partial charge in [-0.05, 0) is 42.2 Å². The number of ether oxygens (including phenoxy) is 1. The minimum Gasteiger partial charge on any atom is -0.379 e. The lowest BCUT2D eigenvalue weighted by Gasteiger charge is -2.27. The molecule has 0 spiro atoms. The van der Waals surface area contributed by atoms with Crippen LogP contribution in [0.4, 0.5) is 0 Å². The molecule has 4 rings (SSSR count). The molecule has 0 saturated carbocycles. The van der Waals surface area contributed by atoms with Crippen molar-refractivity contribution in [2.24, 2.45) is 0 Å². The standard InChI is InChI=1S/C21H23ClN2O4S/c1-23(20-9-6-15-4-2-3-5-17(15)20)21(25)18-14-16(7-8-19(18)22)29(26,27)24-10-12-28-13-11-24/h2-5,7-8,14,20H,6,9-13H2,1H3. The number of nitrogens with zero attached hydrogens (tertiary/aromatic N) is 2. The molecule has 2 aromatic rings. The van der Waals surface area contributed by atoms with E-state index < -0.39 is 10.0 Å². The minimum atomic E-state index is -3.70. The molecule has 1 unspecified atom stereocenters. The summed E-state index contributed by atoms with van der Waals surface area (Å²) in [5, 5.41) is 0.244. The summed E-state index contributed by atoms with van der Waals surface area (Å²) in [4.78, 5) is 15.0. The monoisotopic (exact) mass is 434 g/mol. The maximum Gasteiger partial charge on any atom is 0.255 e. The van der Waals surface area contributed by atoms with E-state index in [1.165, 1.54) is 28.1 Å². The Morgan fingerprint density at radius 2 is 1.90 bits per heavy atom. The first-order chi connectivity index (χ1) is 13.9. The SMILES string of the molecule is CN(C(=O)c1cc(S(=O)(=O)N2CCOCC2)ccc1Cl)C1CCc2ccccc21. The molecule has 1 amide bonds. The van der Waals surface area contributed by atoms with E-state index in [2.05, 4.69) is 6.07 Å². The van der Waals surface area contributed by atoms with Gasteiger partial charge in [0.05, 0.1) is 34.7 Å². The number of benzene rings is 2. The van der Waals surface area contributed by atoms with E-state index in [1.54, 1.807) is 11.9 Å². The fraction of sp³-hybridized carbons (Fsp3) is 0.381. The Morgan fingerprint density at radius 3 is 2.66 bits per heavy atom. The molecule has 29 heavy (non-hydrogen) atoms. The zero-order valence-electron chi connectivity index (χ0n) is 16.2. The Kier molecular flexibility index (Phi) is 5.66. The lowest BCUT2D eigenvalue weighted by Crippen LogP contribution is -2.40. The van der Waals surface area contributed by atoms with Gasteiger partial charge in [0.25, 0.3) is 5.91 Å². The summed E-state index contributed by atoms with van der Waals surface area (Å²) in [6, 6.07) is 12.4. The van der Waals surface area contributed by atoms with Crippen LogP contribution in [0.2, 0.25) is 5.02 Å². The molecule has 1 aliphatic heterocycles. The topological polar surface area (TPSA) is 66.9 Å². The highest BCUT2D eigenvalue weighted by Gasteiger charge is 2.31. The third kappa shape index (κ3) is 3.80. The second kappa shape index (κ2) is 8.07. The van der Waals surface area contributed by atoms with E-state index in [0.717, 1.165) is 18.4 Å². The first-order valence-electron chi connectivity index (χ1n) is 9.62. The molecule has 1 fully saturated rings. The van der Waals surface area contributed by atoms with Crippen LogP contribution in [0.15, 0.2) is 47.4 Å². The fourth-order valence-corrected chi connectivity index (χ4v) is 5.67. The van der Waals surface area contributed by atoms with Crippen LogP contribution in [-0.4, -0.2) is 56.9 Å². The van der Waals surface area contributed by atoms with Crippen LogP contribution in [0.3, 0.4) is 0 Å². The van der Waals surface area contributed by atoms with Crippen LogP contribution in [0, 0.1) is 0 Å². The van der Waals surface area contributed by atoms with Crippen molar-refractivity contribution < 1.29 is 17.9 Å². The maximum atomic E-state index is 13.2. The second-order valence-corrected chi connectivity index (χ2v) is 9.67. The third-order valence-electron chi connectivity index (χ3n) is 5.67. The molecule has 154 valence electrons. The number of hydrogen-bond donors (Lipinski definition) is 0. The molecule has 0 aromatic heterocycles. The predicted molar refractivity (Wildman–Crippen MR) is 111 cm³/mol. The van der Waals surface area contributed by atoms with Gasteiger partial charge in [0.2, 0.25) is 10.0 Å². The summed E-state index contributed by atoms with van der Waals surface area (Å²) in [6.45, 7) is 1.32. The van der Waals surface area contributed by atoms with Crippen LogP contribution in [0.25, 0.3) is 0 Å². The van der Waals surface area contributed by atoms with Gasteiger partial charge in [-0.1, -0.05) is 35.9 Å². The van der Waals surface area contributed by atoms with Crippen molar-refractivity contribution in [3.8, 4) is 0 Å². The summed E-state index contributed by atoms with van der Waals surface area (Å²) in [7, 11) is -1.96. The average Bonchev–Trinajstić information content (AvgIpc) is 3.17. The number of amides is 1. The number of morpholine rings is 1. The van der Waals surface area contributed by atoms with Gasteiger partial charge in [-0.2, -0.15) is 4.31 Å². The van der Waals surface area contributed by atoms with Crippen molar-refractivity contribution in [1.29, 1.82) is 0 Å². The smallest absolute Gasteiger partial charge is 0.255 e. The van der Waals surface area contributed by atoms with E-state index in [4.69, 9.17) is 16.3 Å². The maximum absolute atomic E-state index is 13.2. The summed E-state index contributed by atoms with van der Waals surface area (Å²) in [5.41, 5.74) is 2.58. The van der Waals surface area contributed by atoms with Gasteiger partial charge in [-0.15, -0.1) is 0 Å². The summed E-state index contributed by atoms with van der Waals surface area (Å²) >= 11 is 6.30. The van der Waals surface area contributed by atoms with Crippen molar-refractivity contribution in [2.75, 3.05) is 33.4 Å². The Balaban J connectivity index is 1.63. The lowest BCUT2D eigenvalue weighted by atomic mass is 10.1. The van der Waals surface area contributed by atoms with Crippen molar-refractivity contribution in [2.45, 2.75) is 23.8 Å². The number of carbonyl (C=O) groups is 1. The largest absolute Gasteiger partial charge is 0.379 e. The summed E-state index contributed by atoms with van der Waals surface area (Å²) in [5.74, 6) is -0.282.